The lowest BCUT2D eigenvalue weighted by Gasteiger charge is -2.13. The van der Waals surface area contributed by atoms with Crippen LogP contribution >= 0.6 is 0 Å². The third-order valence-corrected chi connectivity index (χ3v) is 5.49. The highest BCUT2D eigenvalue weighted by atomic mass is 32.2. The monoisotopic (exact) mass is 290 g/mol. The summed E-state index contributed by atoms with van der Waals surface area (Å²) in [7, 11) is -3.57. The Labute approximate surface area is 119 Å². The predicted octanol–water partition coefficient (Wildman–Crippen LogP) is 3.46. The third-order valence-electron chi connectivity index (χ3n) is 3.45. The van der Waals surface area contributed by atoms with Gasteiger partial charge in [-0.15, -0.1) is 0 Å². The summed E-state index contributed by atoms with van der Waals surface area (Å²) in [5.41, 5.74) is 2.59. The molecule has 0 heterocycles. The topological polar surface area (TPSA) is 54.4 Å². The molecule has 0 aliphatic carbocycles. The van der Waals surface area contributed by atoms with Crippen molar-refractivity contribution in [3.63, 3.8) is 0 Å². The second-order valence-corrected chi connectivity index (χ2v) is 7.02. The van der Waals surface area contributed by atoms with Crippen molar-refractivity contribution in [2.24, 2.45) is 0 Å². The van der Waals surface area contributed by atoms with E-state index in [2.05, 4.69) is 0 Å². The number of aromatic hydroxyl groups is 1. The molecule has 3 nitrogen and oxygen atoms in total. The van der Waals surface area contributed by atoms with E-state index in [-0.39, 0.29) is 10.6 Å². The van der Waals surface area contributed by atoms with E-state index < -0.39 is 9.84 Å². The van der Waals surface area contributed by atoms with Crippen molar-refractivity contribution in [1.82, 2.24) is 0 Å². The van der Waals surface area contributed by atoms with Gasteiger partial charge in [-0.1, -0.05) is 18.2 Å². The summed E-state index contributed by atoms with van der Waals surface area (Å²) >= 11 is 0. The quantitative estimate of drug-likeness (QED) is 0.921. The highest BCUT2D eigenvalue weighted by Crippen LogP contribution is 2.31. The second kappa shape index (κ2) is 4.94. The van der Waals surface area contributed by atoms with Gasteiger partial charge in [-0.05, 0) is 62.1 Å². The zero-order valence-electron chi connectivity index (χ0n) is 12.1. The number of phenolic OH excluding ortho intramolecular Hbond substituents is 1. The summed E-state index contributed by atoms with van der Waals surface area (Å²) < 4.78 is 25.6. The van der Waals surface area contributed by atoms with Gasteiger partial charge in [-0.2, -0.15) is 0 Å². The molecule has 0 aliphatic heterocycles. The fourth-order valence-corrected chi connectivity index (χ4v) is 4.30. The lowest BCUT2D eigenvalue weighted by molar-refractivity contribution is 0.466. The average molecular weight is 290 g/mol. The molecule has 0 bridgehead atoms. The van der Waals surface area contributed by atoms with Gasteiger partial charge in [0.05, 0.1) is 9.79 Å². The Balaban J connectivity index is 2.74. The molecule has 2 aromatic carbocycles. The van der Waals surface area contributed by atoms with E-state index in [0.717, 1.165) is 11.1 Å². The minimum Gasteiger partial charge on any atom is -0.507 e. The molecule has 1 N–H and O–H groups in total. The van der Waals surface area contributed by atoms with Crippen molar-refractivity contribution < 1.29 is 13.5 Å². The molecule has 2 aromatic rings. The van der Waals surface area contributed by atoms with Gasteiger partial charge in [0.2, 0.25) is 9.84 Å². The van der Waals surface area contributed by atoms with Gasteiger partial charge < -0.3 is 5.11 Å². The predicted molar refractivity (Wildman–Crippen MR) is 78.9 cm³/mol. The van der Waals surface area contributed by atoms with Gasteiger partial charge in [-0.3, -0.25) is 0 Å². The van der Waals surface area contributed by atoms with E-state index in [9.17, 15) is 13.5 Å². The molecule has 0 amide bonds. The Morgan fingerprint density at radius 3 is 1.75 bits per heavy atom. The molecule has 0 radical (unpaired) electrons. The minimum absolute atomic E-state index is 0.144. The average Bonchev–Trinajstić information content (AvgIpc) is 2.34. The normalized spacial score (nSPS) is 11.6. The van der Waals surface area contributed by atoms with Crippen molar-refractivity contribution >= 4 is 9.84 Å². The number of rotatable bonds is 2. The SMILES string of the molecule is Cc1cc(S(=O)(=O)c2c(C)cccc2C)cc(C)c1O. The first kappa shape index (κ1) is 14.6. The van der Waals surface area contributed by atoms with Gasteiger partial charge >= 0.3 is 0 Å². The molecule has 106 valence electrons. The summed E-state index contributed by atoms with van der Waals surface area (Å²) in [6, 6.07) is 8.46. The van der Waals surface area contributed by atoms with Crippen molar-refractivity contribution in [1.29, 1.82) is 0 Å². The van der Waals surface area contributed by atoms with Crippen LogP contribution in [0, 0.1) is 27.7 Å². The molecule has 2 rings (SSSR count). The van der Waals surface area contributed by atoms with Crippen molar-refractivity contribution in [3.8, 4) is 5.75 Å². The standard InChI is InChI=1S/C16H18O3S/c1-10-6-5-7-11(2)16(10)20(18,19)14-8-12(3)15(17)13(4)9-14/h5-9,17H,1-4H3. The number of aryl methyl sites for hydroxylation is 4. The molecule has 0 saturated heterocycles. The Hall–Kier alpha value is -1.81. The molecule has 0 aliphatic rings. The fraction of sp³-hybridized carbons (Fsp3) is 0.250. The van der Waals surface area contributed by atoms with Crippen LogP contribution in [-0.4, -0.2) is 13.5 Å². The van der Waals surface area contributed by atoms with Gasteiger partial charge in [0, 0.05) is 0 Å². The highest BCUT2D eigenvalue weighted by Gasteiger charge is 2.23. The number of hydrogen-bond donors (Lipinski definition) is 1. The van der Waals surface area contributed by atoms with Crippen molar-refractivity contribution in [2.45, 2.75) is 37.5 Å². The summed E-state index contributed by atoms with van der Waals surface area (Å²) in [4.78, 5) is 0.576. The van der Waals surface area contributed by atoms with E-state index >= 15 is 0 Å². The summed E-state index contributed by atoms with van der Waals surface area (Å²) in [6.45, 7) is 6.98. The van der Waals surface area contributed by atoms with Crippen LogP contribution < -0.4 is 0 Å². The number of phenols is 1. The van der Waals surface area contributed by atoms with Crippen LogP contribution in [0.3, 0.4) is 0 Å². The first-order chi connectivity index (χ1) is 9.25. The van der Waals surface area contributed by atoms with Gasteiger partial charge in [0.15, 0.2) is 0 Å². The molecule has 0 aromatic heterocycles. The lowest BCUT2D eigenvalue weighted by atomic mass is 10.1. The zero-order chi connectivity index (χ0) is 15.1. The Morgan fingerprint density at radius 1 is 0.850 bits per heavy atom. The molecule has 0 spiro atoms. The maximum absolute atomic E-state index is 12.8. The summed E-state index contributed by atoms with van der Waals surface area (Å²) in [5.74, 6) is 0.144. The molecule has 20 heavy (non-hydrogen) atoms. The molecule has 4 heteroatoms. The van der Waals surface area contributed by atoms with E-state index in [1.807, 2.05) is 6.07 Å². The van der Waals surface area contributed by atoms with Gasteiger partial charge in [-0.25, -0.2) is 8.42 Å². The largest absolute Gasteiger partial charge is 0.507 e. The van der Waals surface area contributed by atoms with Crippen LogP contribution in [0.15, 0.2) is 40.1 Å². The fourth-order valence-electron chi connectivity index (χ4n) is 2.41. The van der Waals surface area contributed by atoms with E-state index in [0.29, 0.717) is 16.0 Å². The number of benzene rings is 2. The Kier molecular flexibility index (Phi) is 3.61. The second-order valence-electron chi connectivity index (χ2n) is 5.13. The molecular weight excluding hydrogens is 272 g/mol. The first-order valence-electron chi connectivity index (χ1n) is 6.36. The number of sulfone groups is 1. The van der Waals surface area contributed by atoms with Crippen LogP contribution in [0.5, 0.6) is 5.75 Å². The van der Waals surface area contributed by atoms with Gasteiger partial charge in [0.1, 0.15) is 5.75 Å². The van der Waals surface area contributed by atoms with Crippen LogP contribution in [-0.2, 0) is 9.84 Å². The maximum Gasteiger partial charge on any atom is 0.207 e. The molecule has 0 unspecified atom stereocenters. The van der Waals surface area contributed by atoms with Crippen molar-refractivity contribution in [2.75, 3.05) is 0 Å². The third kappa shape index (κ3) is 2.31. The zero-order valence-corrected chi connectivity index (χ0v) is 12.9. The smallest absolute Gasteiger partial charge is 0.207 e. The van der Waals surface area contributed by atoms with Crippen LogP contribution in [0.25, 0.3) is 0 Å². The highest BCUT2D eigenvalue weighted by molar-refractivity contribution is 7.91. The molecular formula is C16H18O3S. The first-order valence-corrected chi connectivity index (χ1v) is 7.85. The Morgan fingerprint density at radius 2 is 1.30 bits per heavy atom. The van der Waals surface area contributed by atoms with E-state index in [1.54, 1.807) is 39.8 Å². The Bertz CT molecular complexity index is 731. The number of hydrogen-bond acceptors (Lipinski definition) is 3. The molecule has 0 fully saturated rings. The summed E-state index contributed by atoms with van der Waals surface area (Å²) in [6.07, 6.45) is 0. The maximum atomic E-state index is 12.8. The molecule has 0 atom stereocenters. The van der Waals surface area contributed by atoms with Crippen LogP contribution in [0.1, 0.15) is 22.3 Å². The van der Waals surface area contributed by atoms with E-state index in [4.69, 9.17) is 0 Å². The van der Waals surface area contributed by atoms with Gasteiger partial charge in [0.25, 0.3) is 0 Å². The van der Waals surface area contributed by atoms with Crippen LogP contribution in [0.4, 0.5) is 0 Å². The summed E-state index contributed by atoms with van der Waals surface area (Å²) in [5, 5.41) is 9.78. The lowest BCUT2D eigenvalue weighted by Crippen LogP contribution is -2.07. The van der Waals surface area contributed by atoms with Crippen LogP contribution in [0.2, 0.25) is 0 Å². The van der Waals surface area contributed by atoms with E-state index in [1.165, 1.54) is 12.1 Å². The molecule has 0 saturated carbocycles. The van der Waals surface area contributed by atoms with Crippen molar-refractivity contribution in [3.05, 3.63) is 52.6 Å². The minimum atomic E-state index is -3.57.